The van der Waals surface area contributed by atoms with Crippen molar-refractivity contribution in [2.24, 2.45) is 0 Å². The van der Waals surface area contributed by atoms with Crippen LogP contribution in [0.1, 0.15) is 15.3 Å². The first-order valence-corrected chi connectivity index (χ1v) is 8.60. The highest BCUT2D eigenvalue weighted by molar-refractivity contribution is 7.15. The SMILES string of the molecule is O=C(C=Cc1cccs1)Nc1ncc(Cc2ccc(F)cc2)s1. The van der Waals surface area contributed by atoms with E-state index >= 15 is 0 Å². The minimum Gasteiger partial charge on any atom is -0.298 e. The number of nitrogens with one attached hydrogen (secondary N) is 1. The van der Waals surface area contributed by atoms with Crippen molar-refractivity contribution in [3.8, 4) is 0 Å². The predicted octanol–water partition coefficient (Wildman–Crippen LogP) is 4.59. The van der Waals surface area contributed by atoms with E-state index in [1.807, 2.05) is 17.5 Å². The van der Waals surface area contributed by atoms with Gasteiger partial charge >= 0.3 is 0 Å². The Hall–Kier alpha value is -2.31. The molecule has 0 saturated carbocycles. The fraction of sp³-hybridized carbons (Fsp3) is 0.0588. The lowest BCUT2D eigenvalue weighted by Gasteiger charge is -1.98. The predicted molar refractivity (Wildman–Crippen MR) is 93.3 cm³/mol. The van der Waals surface area contributed by atoms with Gasteiger partial charge in [-0.25, -0.2) is 9.37 Å². The molecule has 3 aromatic rings. The van der Waals surface area contributed by atoms with Crippen molar-refractivity contribution in [1.82, 2.24) is 4.98 Å². The highest BCUT2D eigenvalue weighted by Crippen LogP contribution is 2.21. The molecule has 0 aliphatic heterocycles. The number of nitrogens with zero attached hydrogens (tertiary/aromatic N) is 1. The maximum atomic E-state index is 12.9. The van der Waals surface area contributed by atoms with E-state index in [1.165, 1.54) is 29.5 Å². The fourth-order valence-corrected chi connectivity index (χ4v) is 3.41. The summed E-state index contributed by atoms with van der Waals surface area (Å²) in [4.78, 5) is 18.1. The zero-order valence-corrected chi connectivity index (χ0v) is 13.7. The van der Waals surface area contributed by atoms with Crippen LogP contribution in [-0.4, -0.2) is 10.9 Å². The molecule has 6 heteroatoms. The molecular formula is C17H13FN2OS2. The van der Waals surface area contributed by atoms with Gasteiger partial charge in [-0.15, -0.1) is 22.7 Å². The van der Waals surface area contributed by atoms with Crippen LogP contribution in [0.2, 0.25) is 0 Å². The van der Waals surface area contributed by atoms with Crippen LogP contribution in [0.15, 0.2) is 54.1 Å². The third-order valence-electron chi connectivity index (χ3n) is 3.02. The Morgan fingerprint density at radius 1 is 1.26 bits per heavy atom. The molecule has 2 heterocycles. The molecule has 3 rings (SSSR count). The third-order valence-corrected chi connectivity index (χ3v) is 4.77. The topological polar surface area (TPSA) is 42.0 Å². The molecule has 1 N–H and O–H groups in total. The average Bonchev–Trinajstić information content (AvgIpc) is 3.20. The molecular weight excluding hydrogens is 331 g/mol. The fourth-order valence-electron chi connectivity index (χ4n) is 1.94. The van der Waals surface area contributed by atoms with Gasteiger partial charge in [0.25, 0.3) is 0 Å². The summed E-state index contributed by atoms with van der Waals surface area (Å²) in [7, 11) is 0. The number of carbonyl (C=O) groups excluding carboxylic acids is 1. The summed E-state index contributed by atoms with van der Waals surface area (Å²) < 4.78 is 12.9. The van der Waals surface area contributed by atoms with E-state index in [0.29, 0.717) is 11.6 Å². The van der Waals surface area contributed by atoms with Gasteiger partial charge in [0.15, 0.2) is 5.13 Å². The van der Waals surface area contributed by atoms with E-state index in [1.54, 1.807) is 35.7 Å². The number of hydrogen-bond donors (Lipinski definition) is 1. The summed E-state index contributed by atoms with van der Waals surface area (Å²) in [6, 6.07) is 10.3. The second-order valence-electron chi connectivity index (χ2n) is 4.77. The first-order valence-electron chi connectivity index (χ1n) is 6.91. The zero-order valence-electron chi connectivity index (χ0n) is 12.0. The lowest BCUT2D eigenvalue weighted by molar-refractivity contribution is -0.111. The largest absolute Gasteiger partial charge is 0.298 e. The number of thiophene rings is 1. The molecule has 0 fully saturated rings. The van der Waals surface area contributed by atoms with E-state index in [4.69, 9.17) is 0 Å². The number of aromatic nitrogens is 1. The van der Waals surface area contributed by atoms with Gasteiger partial charge in [0, 0.05) is 28.4 Å². The molecule has 2 aromatic heterocycles. The van der Waals surface area contributed by atoms with Gasteiger partial charge in [0.05, 0.1) is 0 Å². The van der Waals surface area contributed by atoms with Gasteiger partial charge < -0.3 is 0 Å². The standard InChI is InChI=1S/C17H13FN2OS2/c18-13-5-3-12(4-6-13)10-15-11-19-17(23-15)20-16(21)8-7-14-2-1-9-22-14/h1-9,11H,10H2,(H,19,20,21). The van der Waals surface area contributed by atoms with Gasteiger partial charge in [0.1, 0.15) is 5.82 Å². The number of hydrogen-bond acceptors (Lipinski definition) is 4. The smallest absolute Gasteiger partial charge is 0.250 e. The molecule has 0 bridgehead atoms. The lowest BCUT2D eigenvalue weighted by atomic mass is 10.1. The van der Waals surface area contributed by atoms with Gasteiger partial charge in [-0.1, -0.05) is 18.2 Å². The van der Waals surface area contributed by atoms with Crippen LogP contribution < -0.4 is 5.32 Å². The van der Waals surface area contributed by atoms with Crippen LogP contribution in [-0.2, 0) is 11.2 Å². The summed E-state index contributed by atoms with van der Waals surface area (Å²) >= 11 is 2.99. The Bertz CT molecular complexity index is 808. The molecule has 0 spiro atoms. The summed E-state index contributed by atoms with van der Waals surface area (Å²) in [5, 5.41) is 5.26. The number of thiazole rings is 1. The van der Waals surface area contributed by atoms with E-state index in [-0.39, 0.29) is 11.7 Å². The average molecular weight is 344 g/mol. The second-order valence-corrected chi connectivity index (χ2v) is 6.87. The molecule has 0 aliphatic carbocycles. The van der Waals surface area contributed by atoms with Crippen molar-refractivity contribution in [1.29, 1.82) is 0 Å². The maximum absolute atomic E-state index is 12.9. The van der Waals surface area contributed by atoms with Crippen molar-refractivity contribution in [2.75, 3.05) is 5.32 Å². The number of carbonyl (C=O) groups is 1. The molecule has 0 atom stereocenters. The molecule has 0 aliphatic rings. The molecule has 0 radical (unpaired) electrons. The van der Waals surface area contributed by atoms with Crippen molar-refractivity contribution in [2.45, 2.75) is 6.42 Å². The van der Waals surface area contributed by atoms with Gasteiger partial charge in [-0.2, -0.15) is 0 Å². The highest BCUT2D eigenvalue weighted by Gasteiger charge is 2.05. The Morgan fingerprint density at radius 3 is 2.83 bits per heavy atom. The van der Waals surface area contributed by atoms with Gasteiger partial charge in [-0.05, 0) is 35.2 Å². The Kier molecular flexibility index (Phi) is 4.95. The molecule has 3 nitrogen and oxygen atoms in total. The molecule has 1 aromatic carbocycles. The van der Waals surface area contributed by atoms with E-state index in [0.717, 1.165) is 15.3 Å². The van der Waals surface area contributed by atoms with Crippen LogP contribution in [0.5, 0.6) is 0 Å². The summed E-state index contributed by atoms with van der Waals surface area (Å²) in [6.45, 7) is 0. The quantitative estimate of drug-likeness (QED) is 0.688. The first-order chi connectivity index (χ1) is 11.2. The van der Waals surface area contributed by atoms with Crippen molar-refractivity contribution >= 4 is 39.8 Å². The molecule has 23 heavy (non-hydrogen) atoms. The van der Waals surface area contributed by atoms with Crippen LogP contribution in [0.3, 0.4) is 0 Å². The molecule has 0 saturated heterocycles. The number of anilines is 1. The van der Waals surface area contributed by atoms with Crippen LogP contribution in [0, 0.1) is 5.82 Å². The number of amides is 1. The summed E-state index contributed by atoms with van der Waals surface area (Å²) in [5.74, 6) is -0.454. The van der Waals surface area contributed by atoms with E-state index in [9.17, 15) is 9.18 Å². The van der Waals surface area contributed by atoms with E-state index in [2.05, 4.69) is 10.3 Å². The Morgan fingerprint density at radius 2 is 2.09 bits per heavy atom. The van der Waals surface area contributed by atoms with Crippen LogP contribution in [0.4, 0.5) is 9.52 Å². The molecule has 0 unspecified atom stereocenters. The van der Waals surface area contributed by atoms with Crippen LogP contribution >= 0.6 is 22.7 Å². The zero-order chi connectivity index (χ0) is 16.1. The lowest BCUT2D eigenvalue weighted by Crippen LogP contribution is -2.06. The minimum atomic E-state index is -0.247. The van der Waals surface area contributed by atoms with Crippen molar-refractivity contribution in [3.63, 3.8) is 0 Å². The summed E-state index contributed by atoms with van der Waals surface area (Å²) in [5.41, 5.74) is 1.01. The Labute approximate surface area is 141 Å². The first kappa shape index (κ1) is 15.6. The van der Waals surface area contributed by atoms with Gasteiger partial charge in [0.2, 0.25) is 5.91 Å². The number of benzene rings is 1. The minimum absolute atomic E-state index is 0.207. The summed E-state index contributed by atoms with van der Waals surface area (Å²) in [6.07, 6.45) is 5.66. The highest BCUT2D eigenvalue weighted by atomic mass is 32.1. The number of rotatable bonds is 5. The number of halogens is 1. The Balaban J connectivity index is 1.58. The normalized spacial score (nSPS) is 11.0. The molecule has 1 amide bonds. The van der Waals surface area contributed by atoms with Crippen molar-refractivity contribution in [3.05, 3.63) is 75.2 Å². The maximum Gasteiger partial charge on any atom is 0.250 e. The monoisotopic (exact) mass is 344 g/mol. The van der Waals surface area contributed by atoms with Crippen LogP contribution in [0.25, 0.3) is 6.08 Å². The van der Waals surface area contributed by atoms with E-state index < -0.39 is 0 Å². The second kappa shape index (κ2) is 7.30. The molecule has 116 valence electrons. The van der Waals surface area contributed by atoms with Crippen molar-refractivity contribution < 1.29 is 9.18 Å². The van der Waals surface area contributed by atoms with Gasteiger partial charge in [-0.3, -0.25) is 10.1 Å². The third kappa shape index (κ3) is 4.58.